The Morgan fingerprint density at radius 2 is 2.38 bits per heavy atom. The minimum absolute atomic E-state index is 0.694. The molecule has 0 saturated carbocycles. The first-order valence-electron chi connectivity index (χ1n) is 5.21. The van der Waals surface area contributed by atoms with Crippen LogP contribution >= 0.6 is 15.9 Å². The van der Waals surface area contributed by atoms with Gasteiger partial charge in [-0.1, -0.05) is 15.9 Å². The van der Waals surface area contributed by atoms with Crippen LogP contribution in [0.4, 0.5) is 5.82 Å². The van der Waals surface area contributed by atoms with Crippen LogP contribution in [0.2, 0.25) is 0 Å². The van der Waals surface area contributed by atoms with Gasteiger partial charge in [-0.05, 0) is 22.8 Å². The van der Waals surface area contributed by atoms with E-state index in [-0.39, 0.29) is 0 Å². The summed E-state index contributed by atoms with van der Waals surface area (Å²) in [4.78, 5) is 6.44. The van der Waals surface area contributed by atoms with Gasteiger partial charge in [0.15, 0.2) is 11.5 Å². The van der Waals surface area contributed by atoms with Crippen molar-refractivity contribution in [3.63, 3.8) is 0 Å². The van der Waals surface area contributed by atoms with E-state index in [1.165, 1.54) is 6.42 Å². The first-order valence-corrected chi connectivity index (χ1v) is 6.33. The Morgan fingerprint density at radius 3 is 3.19 bits per heavy atom. The predicted octanol–water partition coefficient (Wildman–Crippen LogP) is 0.740. The fraction of sp³-hybridized carbons (Fsp3) is 0.556. The summed E-state index contributed by atoms with van der Waals surface area (Å²) < 4.78 is 1.74. The van der Waals surface area contributed by atoms with Gasteiger partial charge in [-0.2, -0.15) is 4.52 Å². The molecule has 1 unspecified atom stereocenters. The van der Waals surface area contributed by atoms with Gasteiger partial charge in [0.05, 0.1) is 12.4 Å². The van der Waals surface area contributed by atoms with Gasteiger partial charge in [0, 0.05) is 18.4 Å². The van der Waals surface area contributed by atoms with Crippen LogP contribution in [0.15, 0.2) is 12.4 Å². The Morgan fingerprint density at radius 1 is 1.44 bits per heavy atom. The first kappa shape index (κ1) is 9.95. The van der Waals surface area contributed by atoms with Crippen LogP contribution in [0, 0.1) is 5.92 Å². The topological polar surface area (TPSA) is 59.2 Å². The minimum atomic E-state index is 0.694. The van der Waals surface area contributed by atoms with Gasteiger partial charge >= 0.3 is 0 Å². The number of hydrogen-bond acceptors (Lipinski definition) is 5. The highest BCUT2D eigenvalue weighted by atomic mass is 79.9. The van der Waals surface area contributed by atoms with Crippen molar-refractivity contribution in [3.8, 4) is 0 Å². The highest BCUT2D eigenvalue weighted by Crippen LogP contribution is 2.23. The summed E-state index contributed by atoms with van der Waals surface area (Å²) in [5.41, 5.74) is 0.694. The second kappa shape index (κ2) is 3.97. The number of anilines is 1. The maximum absolute atomic E-state index is 4.16. The molecule has 1 aliphatic heterocycles. The number of rotatable bonds is 2. The van der Waals surface area contributed by atoms with Crippen LogP contribution in [0.25, 0.3) is 5.65 Å². The second-order valence-electron chi connectivity index (χ2n) is 3.97. The Bertz CT molecular complexity index is 497. The van der Waals surface area contributed by atoms with Crippen LogP contribution in [-0.4, -0.2) is 43.4 Å². The zero-order chi connectivity index (χ0) is 11.0. The molecule has 0 N–H and O–H groups in total. The molecule has 0 aromatic carbocycles. The summed E-state index contributed by atoms with van der Waals surface area (Å²) >= 11 is 3.53. The normalized spacial score (nSPS) is 20.8. The van der Waals surface area contributed by atoms with Crippen LogP contribution in [0.3, 0.4) is 0 Å². The number of aromatic nitrogens is 5. The quantitative estimate of drug-likeness (QED) is 0.761. The van der Waals surface area contributed by atoms with Crippen molar-refractivity contribution in [2.75, 3.05) is 23.3 Å². The Hall–Kier alpha value is -1.24. The molecule has 0 radical (unpaired) electrons. The first-order chi connectivity index (χ1) is 7.88. The summed E-state index contributed by atoms with van der Waals surface area (Å²) in [6, 6.07) is 0. The molecule has 1 saturated heterocycles. The molecule has 6 nitrogen and oxygen atoms in total. The summed E-state index contributed by atoms with van der Waals surface area (Å²) in [5, 5.41) is 12.6. The molecule has 3 heterocycles. The molecule has 0 amide bonds. The van der Waals surface area contributed by atoms with Crippen molar-refractivity contribution in [1.29, 1.82) is 0 Å². The number of hydrogen-bond donors (Lipinski definition) is 0. The van der Waals surface area contributed by atoms with Gasteiger partial charge in [0.2, 0.25) is 0 Å². The number of halogens is 1. The van der Waals surface area contributed by atoms with E-state index in [1.54, 1.807) is 10.7 Å². The lowest BCUT2D eigenvalue weighted by Crippen LogP contribution is -2.23. The monoisotopic (exact) mass is 282 g/mol. The Kier molecular flexibility index (Phi) is 2.47. The van der Waals surface area contributed by atoms with Gasteiger partial charge in [-0.15, -0.1) is 5.10 Å². The summed E-state index contributed by atoms with van der Waals surface area (Å²) in [5.74, 6) is 1.68. The molecule has 2 aromatic rings. The van der Waals surface area contributed by atoms with E-state index in [0.29, 0.717) is 11.6 Å². The summed E-state index contributed by atoms with van der Waals surface area (Å²) in [6.07, 6.45) is 4.69. The standard InChI is InChI=1S/C9H11BrN6/c10-3-7-1-2-15(6-7)9-5-11-4-8-12-13-14-16(8)9/h4-5,7H,1-3,6H2. The smallest absolute Gasteiger partial charge is 0.199 e. The van der Waals surface area contributed by atoms with Crippen molar-refractivity contribution in [1.82, 2.24) is 25.0 Å². The van der Waals surface area contributed by atoms with E-state index in [2.05, 4.69) is 41.3 Å². The SMILES string of the molecule is BrCC1CCN(c2cncc3nnnn23)C1. The largest absolute Gasteiger partial charge is 0.355 e. The highest BCUT2D eigenvalue weighted by molar-refractivity contribution is 9.09. The molecule has 1 atom stereocenters. The molecule has 0 spiro atoms. The molecular formula is C9H11BrN6. The fourth-order valence-electron chi connectivity index (χ4n) is 2.05. The molecular weight excluding hydrogens is 272 g/mol. The third kappa shape index (κ3) is 1.55. The third-order valence-corrected chi connectivity index (χ3v) is 3.83. The van der Waals surface area contributed by atoms with Crippen LogP contribution < -0.4 is 4.90 Å². The van der Waals surface area contributed by atoms with Gasteiger partial charge < -0.3 is 4.90 Å². The molecule has 84 valence electrons. The molecule has 2 aromatic heterocycles. The van der Waals surface area contributed by atoms with Crippen LogP contribution in [0.5, 0.6) is 0 Å². The zero-order valence-corrected chi connectivity index (χ0v) is 10.2. The Balaban J connectivity index is 1.97. The van der Waals surface area contributed by atoms with E-state index >= 15 is 0 Å². The van der Waals surface area contributed by atoms with Crippen molar-refractivity contribution in [3.05, 3.63) is 12.4 Å². The zero-order valence-electron chi connectivity index (χ0n) is 8.62. The van der Waals surface area contributed by atoms with Crippen molar-refractivity contribution in [2.45, 2.75) is 6.42 Å². The second-order valence-corrected chi connectivity index (χ2v) is 4.62. The maximum Gasteiger partial charge on any atom is 0.199 e. The summed E-state index contributed by atoms with van der Waals surface area (Å²) in [7, 11) is 0. The van der Waals surface area contributed by atoms with Gasteiger partial charge in [-0.25, -0.2) is 0 Å². The van der Waals surface area contributed by atoms with E-state index in [9.17, 15) is 0 Å². The number of nitrogens with zero attached hydrogens (tertiary/aromatic N) is 6. The van der Waals surface area contributed by atoms with Crippen molar-refractivity contribution < 1.29 is 0 Å². The predicted molar refractivity (Wildman–Crippen MR) is 62.7 cm³/mol. The maximum atomic E-state index is 4.16. The minimum Gasteiger partial charge on any atom is -0.355 e. The molecule has 0 bridgehead atoms. The highest BCUT2D eigenvalue weighted by Gasteiger charge is 2.23. The van der Waals surface area contributed by atoms with Crippen LogP contribution in [0.1, 0.15) is 6.42 Å². The lowest BCUT2D eigenvalue weighted by atomic mass is 10.2. The average Bonchev–Trinajstić information content (AvgIpc) is 2.97. The van der Waals surface area contributed by atoms with E-state index < -0.39 is 0 Å². The average molecular weight is 283 g/mol. The van der Waals surface area contributed by atoms with E-state index in [0.717, 1.165) is 24.2 Å². The Labute approximate surface area is 101 Å². The number of alkyl halides is 1. The van der Waals surface area contributed by atoms with Gasteiger partial charge in [-0.3, -0.25) is 4.98 Å². The number of fused-ring (bicyclic) bond motifs is 1. The number of tetrazole rings is 1. The molecule has 0 aliphatic carbocycles. The van der Waals surface area contributed by atoms with Crippen LogP contribution in [-0.2, 0) is 0 Å². The fourth-order valence-corrected chi connectivity index (χ4v) is 2.57. The van der Waals surface area contributed by atoms with E-state index in [1.807, 2.05) is 6.20 Å². The molecule has 1 fully saturated rings. The lowest BCUT2D eigenvalue weighted by Gasteiger charge is -2.17. The lowest BCUT2D eigenvalue weighted by molar-refractivity contribution is 0.673. The van der Waals surface area contributed by atoms with E-state index in [4.69, 9.17) is 0 Å². The van der Waals surface area contributed by atoms with Crippen molar-refractivity contribution in [2.24, 2.45) is 5.92 Å². The van der Waals surface area contributed by atoms with Gasteiger partial charge in [0.1, 0.15) is 0 Å². The molecule has 3 rings (SSSR count). The third-order valence-electron chi connectivity index (χ3n) is 2.92. The molecule has 1 aliphatic rings. The molecule has 16 heavy (non-hydrogen) atoms. The van der Waals surface area contributed by atoms with Crippen molar-refractivity contribution >= 4 is 27.4 Å². The van der Waals surface area contributed by atoms with Gasteiger partial charge in [0.25, 0.3) is 0 Å². The molecule has 7 heteroatoms. The summed E-state index contributed by atoms with van der Waals surface area (Å²) in [6.45, 7) is 2.07.